The lowest BCUT2D eigenvalue weighted by molar-refractivity contribution is -0.153. The van der Waals surface area contributed by atoms with Gasteiger partial charge >= 0.3 is 0 Å². The van der Waals surface area contributed by atoms with Crippen molar-refractivity contribution in [2.45, 2.75) is 0 Å². The first-order chi connectivity index (χ1) is 8.20. The molecule has 3 N–H and O–H groups in total. The Hall–Kier alpha value is -1.90. The van der Waals surface area contributed by atoms with Gasteiger partial charge in [0.25, 0.3) is 0 Å². The molecular formula is C12H13N3O2. The topological polar surface area (TPSA) is 88.1 Å². The van der Waals surface area contributed by atoms with E-state index in [0.717, 1.165) is 0 Å². The number of carbonyl (C=O) groups excluding carboxylic acids is 1. The Morgan fingerprint density at radius 2 is 2.35 bits per heavy atom. The standard InChI is InChI=1S/C12H13N3O2/c13-5-9-2-1-3-10(4-9)15-11(16)12(6-14)7-17-8-12/h1-4H,6-8,14H2,(H,15,16). The van der Waals surface area contributed by atoms with E-state index in [1.54, 1.807) is 24.3 Å². The highest BCUT2D eigenvalue weighted by atomic mass is 16.5. The summed E-state index contributed by atoms with van der Waals surface area (Å²) in [6, 6.07) is 8.79. The van der Waals surface area contributed by atoms with Gasteiger partial charge in [-0.2, -0.15) is 5.26 Å². The molecule has 0 aliphatic carbocycles. The molecule has 1 aromatic carbocycles. The van der Waals surface area contributed by atoms with Crippen molar-refractivity contribution in [2.75, 3.05) is 25.1 Å². The van der Waals surface area contributed by atoms with Crippen molar-refractivity contribution in [3.63, 3.8) is 0 Å². The molecule has 1 aromatic rings. The number of anilines is 1. The average molecular weight is 231 g/mol. The molecule has 88 valence electrons. The van der Waals surface area contributed by atoms with Crippen molar-refractivity contribution in [3.8, 4) is 6.07 Å². The largest absolute Gasteiger partial charge is 0.379 e. The molecule has 1 fully saturated rings. The van der Waals surface area contributed by atoms with E-state index >= 15 is 0 Å². The van der Waals surface area contributed by atoms with Crippen LogP contribution >= 0.6 is 0 Å². The fourth-order valence-corrected chi connectivity index (χ4v) is 1.62. The predicted molar refractivity (Wildman–Crippen MR) is 62.1 cm³/mol. The van der Waals surface area contributed by atoms with Crippen LogP contribution in [0.5, 0.6) is 0 Å². The molecule has 0 saturated carbocycles. The van der Waals surface area contributed by atoms with E-state index in [4.69, 9.17) is 15.7 Å². The number of nitrogens with two attached hydrogens (primary N) is 1. The first kappa shape index (κ1) is 11.6. The number of carbonyl (C=O) groups is 1. The number of hydrogen-bond donors (Lipinski definition) is 2. The van der Waals surface area contributed by atoms with E-state index in [1.165, 1.54) is 0 Å². The number of nitriles is 1. The van der Waals surface area contributed by atoms with Crippen LogP contribution in [0.2, 0.25) is 0 Å². The summed E-state index contributed by atoms with van der Waals surface area (Å²) in [7, 11) is 0. The van der Waals surface area contributed by atoms with Gasteiger partial charge in [0.15, 0.2) is 0 Å². The molecule has 17 heavy (non-hydrogen) atoms. The second kappa shape index (κ2) is 4.53. The number of hydrogen-bond acceptors (Lipinski definition) is 4. The third kappa shape index (κ3) is 2.13. The zero-order valence-corrected chi connectivity index (χ0v) is 9.27. The van der Waals surface area contributed by atoms with Crippen molar-refractivity contribution in [2.24, 2.45) is 11.1 Å². The first-order valence-electron chi connectivity index (χ1n) is 5.30. The molecule has 0 aromatic heterocycles. The second-order valence-electron chi connectivity index (χ2n) is 4.12. The Labute approximate surface area is 99.2 Å². The van der Waals surface area contributed by atoms with Gasteiger partial charge in [-0.05, 0) is 18.2 Å². The van der Waals surface area contributed by atoms with Gasteiger partial charge in [-0.3, -0.25) is 4.79 Å². The Morgan fingerprint density at radius 1 is 1.59 bits per heavy atom. The first-order valence-corrected chi connectivity index (χ1v) is 5.30. The van der Waals surface area contributed by atoms with Crippen LogP contribution in [0, 0.1) is 16.7 Å². The Morgan fingerprint density at radius 3 is 2.88 bits per heavy atom. The van der Waals surface area contributed by atoms with Gasteiger partial charge in [-0.1, -0.05) is 6.07 Å². The summed E-state index contributed by atoms with van der Waals surface area (Å²) in [5, 5.41) is 11.5. The van der Waals surface area contributed by atoms with Gasteiger partial charge in [-0.15, -0.1) is 0 Å². The number of rotatable bonds is 3. The number of benzene rings is 1. The minimum atomic E-state index is -0.608. The van der Waals surface area contributed by atoms with Gasteiger partial charge in [-0.25, -0.2) is 0 Å². The maximum absolute atomic E-state index is 12.0. The highest BCUT2D eigenvalue weighted by Crippen LogP contribution is 2.27. The molecular weight excluding hydrogens is 218 g/mol. The van der Waals surface area contributed by atoms with Crippen molar-refractivity contribution < 1.29 is 9.53 Å². The fraction of sp³-hybridized carbons (Fsp3) is 0.333. The molecule has 5 nitrogen and oxygen atoms in total. The molecule has 0 atom stereocenters. The SMILES string of the molecule is N#Cc1cccc(NC(=O)C2(CN)COC2)c1. The lowest BCUT2D eigenvalue weighted by Gasteiger charge is -2.38. The number of nitrogens with zero attached hydrogens (tertiary/aromatic N) is 1. The van der Waals surface area contributed by atoms with Crippen molar-refractivity contribution in [1.29, 1.82) is 5.26 Å². The Bertz CT molecular complexity index is 469. The van der Waals surface area contributed by atoms with Crippen LogP contribution < -0.4 is 11.1 Å². The lowest BCUT2D eigenvalue weighted by Crippen LogP contribution is -2.56. The van der Waals surface area contributed by atoms with Gasteiger partial charge in [0, 0.05) is 12.2 Å². The molecule has 0 spiro atoms. The van der Waals surface area contributed by atoms with Crippen molar-refractivity contribution in [1.82, 2.24) is 0 Å². The third-order valence-electron chi connectivity index (χ3n) is 2.88. The van der Waals surface area contributed by atoms with Crippen LogP contribution in [0.4, 0.5) is 5.69 Å². The van der Waals surface area contributed by atoms with Gasteiger partial charge in [0.1, 0.15) is 5.41 Å². The van der Waals surface area contributed by atoms with Gasteiger partial charge in [0.2, 0.25) is 5.91 Å². The quantitative estimate of drug-likeness (QED) is 0.791. The Kier molecular flexibility index (Phi) is 3.09. The molecule has 1 aliphatic rings. The average Bonchev–Trinajstić information content (AvgIpc) is 2.28. The summed E-state index contributed by atoms with van der Waals surface area (Å²) in [4.78, 5) is 12.0. The summed E-state index contributed by atoms with van der Waals surface area (Å²) < 4.78 is 5.04. The van der Waals surface area contributed by atoms with Crippen LogP contribution in [0.25, 0.3) is 0 Å². The minimum absolute atomic E-state index is 0.152. The van der Waals surface area contributed by atoms with Crippen molar-refractivity contribution >= 4 is 11.6 Å². The molecule has 2 rings (SSSR count). The van der Waals surface area contributed by atoms with Gasteiger partial charge < -0.3 is 15.8 Å². The van der Waals surface area contributed by atoms with E-state index in [1.807, 2.05) is 6.07 Å². The van der Waals surface area contributed by atoms with E-state index in [-0.39, 0.29) is 12.5 Å². The van der Waals surface area contributed by atoms with Crippen LogP contribution in [-0.2, 0) is 9.53 Å². The zero-order valence-electron chi connectivity index (χ0n) is 9.27. The smallest absolute Gasteiger partial charge is 0.236 e. The summed E-state index contributed by atoms with van der Waals surface area (Å²) >= 11 is 0. The normalized spacial score (nSPS) is 16.7. The maximum atomic E-state index is 12.0. The number of nitrogens with one attached hydrogen (secondary N) is 1. The van der Waals surface area contributed by atoms with Gasteiger partial charge in [0.05, 0.1) is 24.8 Å². The molecule has 0 unspecified atom stereocenters. The molecule has 1 saturated heterocycles. The lowest BCUT2D eigenvalue weighted by atomic mass is 9.85. The van der Waals surface area contributed by atoms with Crippen LogP contribution in [0.3, 0.4) is 0 Å². The predicted octanol–water partition coefficient (Wildman–Crippen LogP) is 0.472. The molecule has 1 aliphatic heterocycles. The third-order valence-corrected chi connectivity index (χ3v) is 2.88. The van der Waals surface area contributed by atoms with Crippen LogP contribution in [0.1, 0.15) is 5.56 Å². The fourth-order valence-electron chi connectivity index (χ4n) is 1.62. The second-order valence-corrected chi connectivity index (χ2v) is 4.12. The minimum Gasteiger partial charge on any atom is -0.379 e. The summed E-state index contributed by atoms with van der Waals surface area (Å²) in [6.45, 7) is 0.970. The van der Waals surface area contributed by atoms with E-state index < -0.39 is 5.41 Å². The van der Waals surface area contributed by atoms with Crippen LogP contribution in [0.15, 0.2) is 24.3 Å². The summed E-state index contributed by atoms with van der Waals surface area (Å²) in [5.74, 6) is -0.152. The van der Waals surface area contributed by atoms with Crippen LogP contribution in [-0.4, -0.2) is 25.7 Å². The molecule has 0 bridgehead atoms. The van der Waals surface area contributed by atoms with E-state index in [0.29, 0.717) is 24.5 Å². The van der Waals surface area contributed by atoms with E-state index in [2.05, 4.69) is 5.32 Å². The molecule has 5 heteroatoms. The molecule has 0 radical (unpaired) electrons. The highest BCUT2D eigenvalue weighted by Gasteiger charge is 2.44. The Balaban J connectivity index is 2.10. The molecule has 1 heterocycles. The molecule has 1 amide bonds. The maximum Gasteiger partial charge on any atom is 0.236 e. The summed E-state index contributed by atoms with van der Waals surface area (Å²) in [5.41, 5.74) is 6.09. The summed E-state index contributed by atoms with van der Waals surface area (Å²) in [6.07, 6.45) is 0. The zero-order chi connectivity index (χ0) is 12.3. The number of ether oxygens (including phenoxy) is 1. The van der Waals surface area contributed by atoms with E-state index in [9.17, 15) is 4.79 Å². The number of amides is 1. The highest BCUT2D eigenvalue weighted by molar-refractivity contribution is 5.96. The monoisotopic (exact) mass is 231 g/mol. The van der Waals surface area contributed by atoms with Crippen molar-refractivity contribution in [3.05, 3.63) is 29.8 Å².